The topological polar surface area (TPSA) is 127 Å². The van der Waals surface area contributed by atoms with Crippen LogP contribution in [-0.4, -0.2) is 132 Å². The number of amides is 2. The number of piperazine rings is 2. The predicted molar refractivity (Wildman–Crippen MR) is 221 cm³/mol. The van der Waals surface area contributed by atoms with Gasteiger partial charge in [-0.15, -0.1) is 0 Å². The Morgan fingerprint density at radius 3 is 2.31 bits per heavy atom. The highest BCUT2D eigenvalue weighted by molar-refractivity contribution is 6.07. The van der Waals surface area contributed by atoms with E-state index in [1.165, 1.54) is 0 Å². The molecule has 0 radical (unpaired) electrons. The maximum absolute atomic E-state index is 13.5. The van der Waals surface area contributed by atoms with Gasteiger partial charge in [0.15, 0.2) is 5.78 Å². The molecular weight excluding hydrogens is 735 g/mol. The summed E-state index contributed by atoms with van der Waals surface area (Å²) in [5, 5.41) is 0. The molecule has 1 saturated carbocycles. The summed E-state index contributed by atoms with van der Waals surface area (Å²) in [4.78, 5) is 77.0. The van der Waals surface area contributed by atoms with Gasteiger partial charge < -0.3 is 29.2 Å². The van der Waals surface area contributed by atoms with Gasteiger partial charge in [-0.3, -0.25) is 24.1 Å². The summed E-state index contributed by atoms with van der Waals surface area (Å²) >= 11 is 0. The van der Waals surface area contributed by atoms with Crippen molar-refractivity contribution in [2.24, 2.45) is 5.92 Å². The second-order valence-corrected chi connectivity index (χ2v) is 16.7. The van der Waals surface area contributed by atoms with E-state index in [1.807, 2.05) is 29.2 Å². The van der Waals surface area contributed by atoms with E-state index in [9.17, 15) is 19.2 Å². The molecule has 4 aliphatic heterocycles. The zero-order chi connectivity index (χ0) is 40.5. The highest BCUT2D eigenvalue weighted by atomic mass is 16.5. The average Bonchev–Trinajstić information content (AvgIpc) is 3.56. The van der Waals surface area contributed by atoms with Crippen LogP contribution in [0.4, 0.5) is 23.0 Å². The number of rotatable bonds is 9. The van der Waals surface area contributed by atoms with Gasteiger partial charge in [0.25, 0.3) is 5.91 Å². The van der Waals surface area contributed by atoms with E-state index < -0.39 is 6.04 Å². The van der Waals surface area contributed by atoms with E-state index in [0.717, 1.165) is 87.1 Å². The van der Waals surface area contributed by atoms with E-state index in [-0.39, 0.29) is 48.3 Å². The molecule has 0 bridgehead atoms. The Morgan fingerprint density at radius 2 is 1.60 bits per heavy atom. The highest BCUT2D eigenvalue weighted by Crippen LogP contribution is 2.35. The Morgan fingerprint density at radius 1 is 0.862 bits per heavy atom. The molecule has 2 aromatic carbocycles. The number of methoxy groups -OCH3 is 1. The van der Waals surface area contributed by atoms with Crippen LogP contribution < -0.4 is 19.4 Å². The number of anilines is 3. The van der Waals surface area contributed by atoms with Gasteiger partial charge in [-0.25, -0.2) is 14.8 Å². The third kappa shape index (κ3) is 8.09. The van der Waals surface area contributed by atoms with E-state index >= 15 is 0 Å². The summed E-state index contributed by atoms with van der Waals surface area (Å²) in [5.41, 5.74) is 5.04. The molecule has 0 unspecified atom stereocenters. The number of fused-ring (bicyclic) bond motifs is 1. The smallest absolute Gasteiger partial charge is 0.255 e. The van der Waals surface area contributed by atoms with E-state index in [2.05, 4.69) is 44.4 Å². The number of hydrogen-bond acceptors (Lipinski definition) is 11. The monoisotopic (exact) mass is 787 g/mol. The molecule has 14 nitrogen and oxygen atoms in total. The number of aromatic nitrogens is 2. The maximum atomic E-state index is 13.5. The zero-order valence-electron chi connectivity index (χ0n) is 33.8. The molecule has 58 heavy (non-hydrogen) atoms. The van der Waals surface area contributed by atoms with Gasteiger partial charge in [-0.05, 0) is 80.5 Å². The fraction of sp³-hybridized carbons (Fsp3) is 0.523. The number of benzene rings is 2. The Hall–Kier alpha value is -5.55. The van der Waals surface area contributed by atoms with Crippen LogP contribution in [0.3, 0.4) is 0 Å². The van der Waals surface area contributed by atoms with Crippen LogP contribution >= 0.6 is 0 Å². The minimum absolute atomic E-state index is 0.0155. The molecule has 2 amide bonds. The minimum Gasteiger partial charge on any atom is -0.508 e. The Kier molecular flexibility index (Phi) is 11.3. The lowest BCUT2D eigenvalue weighted by atomic mass is 9.92. The number of Topliss-reactive ketones (excluding diaryl/α,β-unsaturated/α-hetero) is 2. The van der Waals surface area contributed by atoms with E-state index in [4.69, 9.17) is 21.3 Å². The van der Waals surface area contributed by atoms with Crippen molar-refractivity contribution >= 4 is 46.4 Å². The molecule has 3 atom stereocenters. The van der Waals surface area contributed by atoms with Gasteiger partial charge in [0, 0.05) is 113 Å². The van der Waals surface area contributed by atoms with Crippen molar-refractivity contribution in [2.45, 2.75) is 77.0 Å². The lowest BCUT2D eigenvalue weighted by molar-refractivity contribution is -0.134. The molecular formula is C44H53N9O5. The van der Waals surface area contributed by atoms with Gasteiger partial charge in [0.05, 0.1) is 32.6 Å². The summed E-state index contributed by atoms with van der Waals surface area (Å²) in [7, 11) is 1.58. The first-order valence-electron chi connectivity index (χ1n) is 20.7. The molecule has 0 spiro atoms. The first kappa shape index (κ1) is 39.3. The third-order valence-electron chi connectivity index (χ3n) is 12.9. The number of hydrogen-bond donors (Lipinski definition) is 0. The van der Waals surface area contributed by atoms with Crippen LogP contribution in [0.25, 0.3) is 4.85 Å². The molecule has 304 valence electrons. The highest BCUT2D eigenvalue weighted by Gasteiger charge is 2.39. The average molecular weight is 788 g/mol. The van der Waals surface area contributed by atoms with Crippen LogP contribution in [0, 0.1) is 12.5 Å². The lowest BCUT2D eigenvalue weighted by Gasteiger charge is -2.45. The lowest BCUT2D eigenvalue weighted by Crippen LogP contribution is -2.58. The fourth-order valence-electron chi connectivity index (χ4n) is 9.49. The Bertz CT molecular complexity index is 2090. The van der Waals surface area contributed by atoms with E-state index in [1.54, 1.807) is 30.5 Å². The van der Waals surface area contributed by atoms with E-state index in [0.29, 0.717) is 55.4 Å². The van der Waals surface area contributed by atoms with Gasteiger partial charge in [-0.1, -0.05) is 6.07 Å². The van der Waals surface area contributed by atoms with Crippen LogP contribution in [0.5, 0.6) is 5.75 Å². The molecule has 5 aliphatic rings. The van der Waals surface area contributed by atoms with Crippen molar-refractivity contribution in [2.75, 3.05) is 80.7 Å². The first-order valence-corrected chi connectivity index (χ1v) is 20.7. The van der Waals surface area contributed by atoms with Crippen molar-refractivity contribution in [3.8, 4) is 5.75 Å². The van der Waals surface area contributed by atoms with Crippen LogP contribution in [0.2, 0.25) is 0 Å². The number of carbonyl (C=O) groups excluding carboxylic acids is 4. The quantitative estimate of drug-likeness (QED) is 0.227. The molecule has 14 heteroatoms. The fourth-order valence-corrected chi connectivity index (χ4v) is 9.49. The van der Waals surface area contributed by atoms with Crippen molar-refractivity contribution < 1.29 is 23.9 Å². The number of ether oxygens (including phenoxy) is 1. The summed E-state index contributed by atoms with van der Waals surface area (Å²) in [5.74, 6) is 1.70. The van der Waals surface area contributed by atoms with Crippen LogP contribution in [0.1, 0.15) is 67.4 Å². The number of carbonyl (C=O) groups is 4. The molecule has 8 rings (SSSR count). The number of nitrogens with zero attached hydrogens (tertiary/aromatic N) is 9. The van der Waals surface area contributed by atoms with Crippen LogP contribution in [-0.2, 0) is 27.3 Å². The van der Waals surface area contributed by atoms with Crippen molar-refractivity contribution in [3.63, 3.8) is 0 Å². The predicted octanol–water partition coefficient (Wildman–Crippen LogP) is 4.39. The summed E-state index contributed by atoms with van der Waals surface area (Å²) in [6.45, 7) is 20.0. The second kappa shape index (κ2) is 16.7. The maximum Gasteiger partial charge on any atom is 0.255 e. The first-order chi connectivity index (χ1) is 28.1. The van der Waals surface area contributed by atoms with Gasteiger partial charge in [-0.2, -0.15) is 0 Å². The minimum atomic E-state index is -0.492. The van der Waals surface area contributed by atoms with Crippen molar-refractivity contribution in [1.82, 2.24) is 24.7 Å². The van der Waals surface area contributed by atoms with Gasteiger partial charge in [0.1, 0.15) is 11.5 Å². The molecule has 5 heterocycles. The van der Waals surface area contributed by atoms with Crippen LogP contribution in [0.15, 0.2) is 48.8 Å². The van der Waals surface area contributed by atoms with Crippen molar-refractivity contribution in [1.29, 1.82) is 0 Å². The molecule has 1 aromatic heterocycles. The third-order valence-corrected chi connectivity index (χ3v) is 12.9. The summed E-state index contributed by atoms with van der Waals surface area (Å²) in [6, 6.07) is 11.3. The molecule has 3 saturated heterocycles. The molecule has 0 N–H and O–H groups in total. The number of piperidine rings is 1. The second-order valence-electron chi connectivity index (χ2n) is 16.7. The summed E-state index contributed by atoms with van der Waals surface area (Å²) in [6.07, 6.45) is 6.75. The molecule has 3 aromatic rings. The summed E-state index contributed by atoms with van der Waals surface area (Å²) < 4.78 is 5.44. The SMILES string of the molecule is [C-]#[N+]c1ccc(N2C[C@@H](C)N(C(=O)Cc3cnc(N4CCC(CN5CCN(c6ccc7c(c6)CN([C@H]6CCC(=O)CC6=O)C7=O)CC5)CC4)nc3)C[C@@H]2C)cc1OC. The Labute approximate surface area is 340 Å². The van der Waals surface area contributed by atoms with Crippen molar-refractivity contribution in [3.05, 3.63) is 76.9 Å². The van der Waals surface area contributed by atoms with Gasteiger partial charge in [0.2, 0.25) is 17.5 Å². The zero-order valence-corrected chi connectivity index (χ0v) is 33.8. The standard InChI is InChI=1S/C44H53N9O5/c1-29-26-52(30(2)25-51(29)35-6-9-38(45-3)41(21-35)58-4)42(56)19-32-23-46-44(47-24-32)50-13-11-31(12-14-50)27-48-15-17-49(18-16-48)34-5-8-37-33(20-34)28-53(43(37)57)39-10-7-36(54)22-40(39)55/h5-6,8-9,20-21,23-24,29-31,39H,7,10-19,22,25-28H2,1-2,4H3/t29-,30+,39-/m0/s1. The largest absolute Gasteiger partial charge is 0.508 e. The number of ketones is 2. The van der Waals surface area contributed by atoms with Gasteiger partial charge >= 0.3 is 0 Å². The Balaban J connectivity index is 0.769. The normalized spacial score (nSPS) is 23.3. The molecule has 1 aliphatic carbocycles. The molecule has 4 fully saturated rings.